The van der Waals surface area contributed by atoms with Gasteiger partial charge >= 0.3 is 0 Å². The molecule has 0 radical (unpaired) electrons. The molecule has 1 aromatic carbocycles. The van der Waals surface area contributed by atoms with Gasteiger partial charge in [-0.05, 0) is 24.6 Å². The first kappa shape index (κ1) is 12.8. The van der Waals surface area contributed by atoms with E-state index in [1.165, 1.54) is 18.2 Å². The van der Waals surface area contributed by atoms with Crippen molar-refractivity contribution in [3.63, 3.8) is 0 Å². The molecule has 18 heavy (non-hydrogen) atoms. The summed E-state index contributed by atoms with van der Waals surface area (Å²) in [6, 6.07) is 4.28. The van der Waals surface area contributed by atoms with Gasteiger partial charge in [-0.25, -0.2) is 0 Å². The lowest BCUT2D eigenvalue weighted by Gasteiger charge is -2.16. The number of halogens is 1. The third kappa shape index (κ3) is 2.30. The molecule has 2 N–H and O–H groups in total. The first-order valence-electron chi connectivity index (χ1n) is 5.47. The lowest BCUT2D eigenvalue weighted by atomic mass is 10.1. The average molecular weight is 270 g/mol. The number of anilines is 1. The quantitative estimate of drug-likeness (QED) is 0.666. The summed E-state index contributed by atoms with van der Waals surface area (Å²) < 4.78 is 0. The number of hydrogen-bond acceptors (Lipinski definition) is 4. The molecule has 1 heterocycles. The minimum absolute atomic E-state index is 0.0292. The first-order chi connectivity index (χ1) is 8.52. The van der Waals surface area contributed by atoms with E-state index in [4.69, 9.17) is 17.3 Å². The van der Waals surface area contributed by atoms with E-state index >= 15 is 0 Å². The van der Waals surface area contributed by atoms with Crippen LogP contribution in [0.4, 0.5) is 11.4 Å². The number of nitrogens with two attached hydrogens (primary N) is 1. The van der Waals surface area contributed by atoms with Crippen molar-refractivity contribution in [3.8, 4) is 0 Å². The van der Waals surface area contributed by atoms with Crippen LogP contribution in [0.5, 0.6) is 0 Å². The number of hydrogen-bond donors (Lipinski definition) is 1. The molecular weight excluding hydrogens is 258 g/mol. The number of amides is 1. The highest BCUT2D eigenvalue weighted by Gasteiger charge is 2.30. The maximum Gasteiger partial charge on any atom is 0.288 e. The minimum Gasteiger partial charge on any atom is -0.330 e. The zero-order valence-corrected chi connectivity index (χ0v) is 10.3. The van der Waals surface area contributed by atoms with Crippen LogP contribution in [0.3, 0.4) is 0 Å². The van der Waals surface area contributed by atoms with Gasteiger partial charge in [0.25, 0.3) is 5.69 Å². The van der Waals surface area contributed by atoms with Crippen molar-refractivity contribution in [3.05, 3.63) is 33.3 Å². The minimum atomic E-state index is -0.555. The second-order valence-corrected chi connectivity index (χ2v) is 4.61. The van der Waals surface area contributed by atoms with Crippen molar-refractivity contribution in [2.45, 2.75) is 6.42 Å². The summed E-state index contributed by atoms with van der Waals surface area (Å²) in [5, 5.41) is 10.7. The van der Waals surface area contributed by atoms with Gasteiger partial charge in [-0.15, -0.1) is 0 Å². The molecule has 0 spiro atoms. The number of carbonyl (C=O) groups excluding carboxylic acids is 1. The summed E-state index contributed by atoms with van der Waals surface area (Å²) in [5.41, 5.74) is 5.95. The highest BCUT2D eigenvalue weighted by molar-refractivity contribution is 6.33. The zero-order valence-electron chi connectivity index (χ0n) is 9.51. The zero-order chi connectivity index (χ0) is 13.3. The van der Waals surface area contributed by atoms with Crippen LogP contribution in [-0.2, 0) is 4.79 Å². The smallest absolute Gasteiger partial charge is 0.288 e. The van der Waals surface area contributed by atoms with E-state index in [0.29, 0.717) is 25.2 Å². The van der Waals surface area contributed by atoms with E-state index < -0.39 is 4.92 Å². The van der Waals surface area contributed by atoms with Crippen LogP contribution in [0, 0.1) is 16.0 Å². The number of carbonyl (C=O) groups is 1. The predicted molar refractivity (Wildman–Crippen MR) is 67.6 cm³/mol. The molecule has 6 nitrogen and oxygen atoms in total. The summed E-state index contributed by atoms with van der Waals surface area (Å²) in [6.45, 7) is 0.979. The molecule has 0 aromatic heterocycles. The van der Waals surface area contributed by atoms with Crippen molar-refractivity contribution in [1.29, 1.82) is 0 Å². The fraction of sp³-hybridized carbons (Fsp3) is 0.364. The summed E-state index contributed by atoms with van der Waals surface area (Å²) in [5.74, 6) is 0.0989. The topological polar surface area (TPSA) is 89.5 Å². The van der Waals surface area contributed by atoms with Gasteiger partial charge in [0.2, 0.25) is 5.91 Å². The van der Waals surface area contributed by atoms with Crippen molar-refractivity contribution in [1.82, 2.24) is 0 Å². The van der Waals surface area contributed by atoms with Gasteiger partial charge in [-0.1, -0.05) is 11.6 Å². The van der Waals surface area contributed by atoms with Crippen molar-refractivity contribution < 1.29 is 9.72 Å². The SMILES string of the molecule is NCC1CC(=O)N(c2ccc([N+](=O)[O-])c(Cl)c2)C1. The van der Waals surface area contributed by atoms with Crippen LogP contribution in [0.2, 0.25) is 5.02 Å². The lowest BCUT2D eigenvalue weighted by Crippen LogP contribution is -2.25. The highest BCUT2D eigenvalue weighted by atomic mass is 35.5. The van der Waals surface area contributed by atoms with Gasteiger partial charge < -0.3 is 10.6 Å². The van der Waals surface area contributed by atoms with E-state index in [1.807, 2.05) is 0 Å². The number of rotatable bonds is 3. The third-order valence-electron chi connectivity index (χ3n) is 2.98. The largest absolute Gasteiger partial charge is 0.330 e. The Labute approximate surface area is 108 Å². The normalized spacial score (nSPS) is 19.3. The Morgan fingerprint density at radius 3 is 2.78 bits per heavy atom. The van der Waals surface area contributed by atoms with E-state index in [2.05, 4.69) is 0 Å². The molecule has 0 bridgehead atoms. The Bertz CT molecular complexity index is 506. The Morgan fingerprint density at radius 1 is 1.56 bits per heavy atom. The molecule has 1 aliphatic heterocycles. The Hall–Kier alpha value is -1.66. The molecule has 2 rings (SSSR count). The summed E-state index contributed by atoms with van der Waals surface area (Å²) in [4.78, 5) is 23.4. The molecule has 1 atom stereocenters. The molecule has 1 unspecified atom stereocenters. The third-order valence-corrected chi connectivity index (χ3v) is 3.28. The first-order valence-corrected chi connectivity index (χ1v) is 5.85. The standard InChI is InChI=1S/C11H12ClN3O3/c12-9-4-8(1-2-10(9)15(17)18)14-6-7(5-13)3-11(14)16/h1-2,4,7H,3,5-6,13H2. The van der Waals surface area contributed by atoms with Crippen LogP contribution in [-0.4, -0.2) is 23.9 Å². The van der Waals surface area contributed by atoms with E-state index in [1.54, 1.807) is 4.90 Å². The van der Waals surface area contributed by atoms with Crippen LogP contribution in [0.1, 0.15) is 6.42 Å². The molecule has 7 heteroatoms. The van der Waals surface area contributed by atoms with Crippen molar-refractivity contribution >= 4 is 28.9 Å². The maximum atomic E-state index is 11.8. The molecule has 1 fully saturated rings. The molecule has 1 saturated heterocycles. The van der Waals surface area contributed by atoms with E-state index in [0.717, 1.165) is 0 Å². The molecule has 1 aromatic rings. The number of nitro groups is 1. The number of benzene rings is 1. The Morgan fingerprint density at radius 2 is 2.28 bits per heavy atom. The molecule has 1 amide bonds. The van der Waals surface area contributed by atoms with Crippen LogP contribution < -0.4 is 10.6 Å². The van der Waals surface area contributed by atoms with Crippen molar-refractivity contribution in [2.75, 3.05) is 18.0 Å². The van der Waals surface area contributed by atoms with E-state index in [-0.39, 0.29) is 22.5 Å². The van der Waals surface area contributed by atoms with Gasteiger partial charge in [0.05, 0.1) is 4.92 Å². The molecule has 0 saturated carbocycles. The van der Waals surface area contributed by atoms with Gasteiger partial charge in [-0.3, -0.25) is 14.9 Å². The van der Waals surface area contributed by atoms with Gasteiger partial charge in [-0.2, -0.15) is 0 Å². The molecule has 96 valence electrons. The summed E-state index contributed by atoms with van der Waals surface area (Å²) in [7, 11) is 0. The molecular formula is C11H12ClN3O3. The lowest BCUT2D eigenvalue weighted by molar-refractivity contribution is -0.384. The highest BCUT2D eigenvalue weighted by Crippen LogP contribution is 2.31. The van der Waals surface area contributed by atoms with Crippen LogP contribution in [0.25, 0.3) is 0 Å². The number of nitro benzene ring substituents is 1. The van der Waals surface area contributed by atoms with Crippen molar-refractivity contribution in [2.24, 2.45) is 11.7 Å². The molecule has 1 aliphatic rings. The average Bonchev–Trinajstić information content (AvgIpc) is 2.70. The second kappa shape index (κ2) is 4.91. The summed E-state index contributed by atoms with van der Waals surface area (Å²) in [6.07, 6.45) is 0.408. The summed E-state index contributed by atoms with van der Waals surface area (Å²) >= 11 is 5.82. The maximum absolute atomic E-state index is 11.8. The predicted octanol–water partition coefficient (Wildman–Crippen LogP) is 1.56. The molecule has 0 aliphatic carbocycles. The van der Waals surface area contributed by atoms with Gasteiger partial charge in [0.15, 0.2) is 0 Å². The Kier molecular flexibility index (Phi) is 3.49. The second-order valence-electron chi connectivity index (χ2n) is 4.20. The van der Waals surface area contributed by atoms with Gasteiger partial charge in [0, 0.05) is 24.7 Å². The monoisotopic (exact) mass is 269 g/mol. The van der Waals surface area contributed by atoms with Crippen LogP contribution >= 0.6 is 11.6 Å². The van der Waals surface area contributed by atoms with E-state index in [9.17, 15) is 14.9 Å². The number of nitrogens with zero attached hydrogens (tertiary/aromatic N) is 2. The van der Waals surface area contributed by atoms with Gasteiger partial charge in [0.1, 0.15) is 5.02 Å². The fourth-order valence-corrected chi connectivity index (χ4v) is 2.24. The Balaban J connectivity index is 2.27. The van der Waals surface area contributed by atoms with Crippen LogP contribution in [0.15, 0.2) is 18.2 Å². The fourth-order valence-electron chi connectivity index (χ4n) is 2.00.